The van der Waals surface area contributed by atoms with E-state index in [1.54, 1.807) is 115 Å². The van der Waals surface area contributed by atoms with Crippen LogP contribution in [0, 0.1) is 58.9 Å². The van der Waals surface area contributed by atoms with Gasteiger partial charge in [0.15, 0.2) is 52.2 Å². The Balaban J connectivity index is 0.000000145. The molecule has 0 radical (unpaired) electrons. The summed E-state index contributed by atoms with van der Waals surface area (Å²) >= 11 is 0. The number of para-hydroxylation sites is 3. The van der Waals surface area contributed by atoms with Crippen molar-refractivity contribution in [1.82, 2.24) is 64.3 Å². The predicted octanol–water partition coefficient (Wildman–Crippen LogP) is 11.3. The number of aromatic nitrogens is 9. The molecule has 1 saturated carbocycles. The van der Waals surface area contributed by atoms with E-state index in [4.69, 9.17) is 31.4 Å². The summed E-state index contributed by atoms with van der Waals surface area (Å²) < 4.78 is 64.6. The summed E-state index contributed by atoms with van der Waals surface area (Å²) in [4.78, 5) is 80.8. The Kier molecular flexibility index (Phi) is 22.0. The molecule has 28 heteroatoms. The van der Waals surface area contributed by atoms with Gasteiger partial charge in [-0.15, -0.1) is 0 Å². The maximum absolute atomic E-state index is 14.0. The zero-order valence-electron chi connectivity index (χ0n) is 60.4. The Bertz CT molecular complexity index is 5900. The van der Waals surface area contributed by atoms with Crippen molar-refractivity contribution >= 4 is 67.9 Å². The molecule has 12 aromatic rings. The molecule has 6 aromatic carbocycles. The van der Waals surface area contributed by atoms with Crippen LogP contribution in [-0.2, 0) is 14.4 Å². The van der Waals surface area contributed by atoms with Crippen molar-refractivity contribution in [2.45, 2.75) is 70.6 Å². The smallest absolute Gasteiger partial charge is 0.298 e. The maximum atomic E-state index is 14.0. The molecule has 3 aliphatic rings. The lowest BCUT2D eigenvalue weighted by molar-refractivity contribution is -0.125. The maximum Gasteiger partial charge on any atom is 0.298 e. The van der Waals surface area contributed by atoms with Crippen molar-refractivity contribution in [1.29, 1.82) is 0 Å². The highest BCUT2D eigenvalue weighted by Crippen LogP contribution is 2.43. The van der Waals surface area contributed by atoms with Gasteiger partial charge in [0, 0.05) is 73.5 Å². The molecule has 2 saturated heterocycles. The fourth-order valence-corrected chi connectivity index (χ4v) is 14.1. The molecular formula is C82H75F3N16O9. The summed E-state index contributed by atoms with van der Waals surface area (Å²) in [7, 11) is 3.78. The van der Waals surface area contributed by atoms with Crippen LogP contribution in [0.4, 0.5) is 30.6 Å². The van der Waals surface area contributed by atoms with Gasteiger partial charge in [0.1, 0.15) is 33.8 Å². The number of carbonyl (C=O) groups is 3. The molecular weight excluding hydrogens is 1410 g/mol. The van der Waals surface area contributed by atoms with E-state index in [-0.39, 0.29) is 99.2 Å². The van der Waals surface area contributed by atoms with Crippen LogP contribution in [0.25, 0.3) is 66.1 Å². The topological polar surface area (TPSA) is 331 Å². The third-order valence-electron chi connectivity index (χ3n) is 19.3. The average molecular weight is 1490 g/mol. The molecule has 2 aliphatic heterocycles. The first-order valence-electron chi connectivity index (χ1n) is 35.2. The predicted molar refractivity (Wildman–Crippen MR) is 413 cm³/mol. The minimum absolute atomic E-state index is 0.00676. The van der Waals surface area contributed by atoms with Gasteiger partial charge in [-0.2, -0.15) is 15.3 Å². The van der Waals surface area contributed by atoms with Gasteiger partial charge in [-0.3, -0.25) is 33.7 Å². The highest BCUT2D eigenvalue weighted by atomic mass is 19.1. The molecule has 2 unspecified atom stereocenters. The second-order valence-corrected chi connectivity index (χ2v) is 26.9. The van der Waals surface area contributed by atoms with E-state index in [0.717, 1.165) is 46.2 Å². The number of carbonyl (C=O) groups excluding carboxylic acids is 3. The molecule has 3 fully saturated rings. The van der Waals surface area contributed by atoms with Gasteiger partial charge in [0.25, 0.3) is 34.4 Å². The summed E-state index contributed by atoms with van der Waals surface area (Å²) in [6, 6.07) is 39.6. The molecule has 0 spiro atoms. The summed E-state index contributed by atoms with van der Waals surface area (Å²) in [5, 5.41) is 23.9. The van der Waals surface area contributed by atoms with Gasteiger partial charge in [0.2, 0.25) is 0 Å². The van der Waals surface area contributed by atoms with Crippen LogP contribution in [0.2, 0.25) is 0 Å². The molecule has 10 N–H and O–H groups in total. The molecule has 1 aliphatic carbocycles. The standard InChI is InChI=1S/C28H27FN6O3.2C27H24FN5O3/c1-33(2)14-5-8-24(36)34-15-13-19(16-34)35-17-21(25-26(35)28(37)32-31-27(25)30)18-9-11-20(12-10-18)38-23-7-4-3-6-22(23)29;1-3-6-23(34)32-13-16(2)21(15-32)33-14-19(24-25(33)27(35)31-30-26(24)29)17-9-11-18(12-10-17)36-22-8-5-4-7-20(22)28;1-2-5-23(34)30-17-10-11-18(14-17)33-15-20(24-25(33)27(35)32-31-26(24)29)16-8-12-19(13-9-16)36-22-7-4-3-6-21(22)28/h3-4,6-7,9-12,17,19H,13-16H2,1-2H3,(H2,30,31)(H,32,37);4-5,7-12,14,16,21H,13,15H2,1-2H3,(H2,29,30)(H,31,35);3-4,6-9,12-13,15,17-18H,10-11,14H2,1H3,(H2,29,31)(H,30,34)(H,32,35)/t19-;16-,21-;/m10./s1. The number of rotatable bonds is 14. The van der Waals surface area contributed by atoms with Crippen molar-refractivity contribution in [2.75, 3.05) is 64.0 Å². The van der Waals surface area contributed by atoms with Gasteiger partial charge >= 0.3 is 0 Å². The van der Waals surface area contributed by atoms with Gasteiger partial charge in [-0.1, -0.05) is 97.5 Å². The van der Waals surface area contributed by atoms with Crippen LogP contribution in [0.15, 0.2) is 179 Å². The van der Waals surface area contributed by atoms with E-state index in [0.29, 0.717) is 95.5 Å². The summed E-state index contributed by atoms with van der Waals surface area (Å²) in [6.45, 7) is 7.71. The molecule has 0 bridgehead atoms. The summed E-state index contributed by atoms with van der Waals surface area (Å²) in [5.41, 5.74) is 23.4. The number of nitrogens with two attached hydrogens (primary N) is 3. The van der Waals surface area contributed by atoms with E-state index < -0.39 is 17.5 Å². The molecule has 8 heterocycles. The van der Waals surface area contributed by atoms with Crippen LogP contribution >= 0.6 is 0 Å². The molecule has 25 nitrogen and oxygen atoms in total. The highest BCUT2D eigenvalue weighted by Gasteiger charge is 2.36. The highest BCUT2D eigenvalue weighted by molar-refractivity contribution is 6.04. The molecule has 110 heavy (non-hydrogen) atoms. The lowest BCUT2D eigenvalue weighted by Crippen LogP contribution is -2.32. The number of hydrogen-bond acceptors (Lipinski definition) is 16. The Morgan fingerprint density at radius 3 is 1.35 bits per heavy atom. The van der Waals surface area contributed by atoms with Crippen LogP contribution in [0.1, 0.15) is 64.6 Å². The SMILES string of the molecule is CC#CC(=O)N1C[C@H](C)[C@@H](n2cc(-c3ccc(Oc4ccccc4F)cc3)c3c(N)n[nH]c(=O)c32)C1.CC#CC(=O)NC1CCC(n2cc(-c3ccc(Oc4ccccc4F)cc3)c3c(N)n[nH]c(=O)c32)C1.CN(C)CC#CC(=O)N1CC[C@@H](n2cc(-c3ccc(Oc4ccccc4F)cc3)c3c(N)n[nH]c(=O)c32)C1. The lowest BCUT2D eigenvalue weighted by atomic mass is 10.1. The second kappa shape index (κ2) is 32.5. The fourth-order valence-electron chi connectivity index (χ4n) is 14.1. The third-order valence-corrected chi connectivity index (χ3v) is 19.3. The number of nitrogens with one attached hydrogen (secondary N) is 4. The van der Waals surface area contributed by atoms with Crippen molar-refractivity contribution in [3.05, 3.63) is 213 Å². The van der Waals surface area contributed by atoms with Crippen molar-refractivity contribution < 1.29 is 41.8 Å². The first kappa shape index (κ1) is 74.5. The quantitative estimate of drug-likeness (QED) is 0.0498. The molecule has 6 aromatic heterocycles. The van der Waals surface area contributed by atoms with Crippen LogP contribution < -0.4 is 53.4 Å². The molecule has 15 rings (SSSR count). The Morgan fingerprint density at radius 1 is 0.518 bits per heavy atom. The zero-order chi connectivity index (χ0) is 77.4. The van der Waals surface area contributed by atoms with Gasteiger partial charge < -0.3 is 60.2 Å². The number of likely N-dealkylation sites (tertiary alicyclic amines) is 2. The number of H-pyrrole nitrogens is 3. The van der Waals surface area contributed by atoms with E-state index in [1.807, 2.05) is 94.6 Å². The number of benzene rings is 6. The number of anilines is 3. The first-order chi connectivity index (χ1) is 53.1. The minimum Gasteiger partial charge on any atom is -0.454 e. The van der Waals surface area contributed by atoms with Crippen molar-refractivity contribution in [2.24, 2.45) is 5.92 Å². The summed E-state index contributed by atoms with van der Waals surface area (Å²) in [6.07, 6.45) is 8.55. The van der Waals surface area contributed by atoms with Crippen molar-refractivity contribution in [3.8, 4) is 103 Å². The van der Waals surface area contributed by atoms with E-state index in [1.165, 1.54) is 18.2 Å². The van der Waals surface area contributed by atoms with Crippen LogP contribution in [-0.4, -0.2) is 130 Å². The molecule has 3 amide bonds. The number of amides is 3. The Hall–Kier alpha value is -13.8. The van der Waals surface area contributed by atoms with Crippen LogP contribution in [0.3, 0.4) is 0 Å². The van der Waals surface area contributed by atoms with E-state index in [9.17, 15) is 41.9 Å². The normalized spacial score (nSPS) is 16.4. The number of hydrogen-bond donors (Lipinski definition) is 7. The Morgan fingerprint density at radius 2 is 0.927 bits per heavy atom. The third kappa shape index (κ3) is 16.0. The van der Waals surface area contributed by atoms with Crippen molar-refractivity contribution in [3.63, 3.8) is 0 Å². The first-order valence-corrected chi connectivity index (χ1v) is 35.2. The molecule has 5 atom stereocenters. The number of aromatic amines is 3. The average Bonchev–Trinajstić information content (AvgIpc) is 1.61. The number of fused-ring (bicyclic) bond motifs is 3. The number of halogens is 3. The van der Waals surface area contributed by atoms with Gasteiger partial charge in [-0.25, -0.2) is 28.5 Å². The number of nitrogens with zero attached hydrogens (tertiary/aromatic N) is 9. The van der Waals surface area contributed by atoms with Crippen LogP contribution in [0.5, 0.6) is 34.5 Å². The molecule has 558 valence electrons. The lowest BCUT2D eigenvalue weighted by Gasteiger charge is -2.17. The summed E-state index contributed by atoms with van der Waals surface area (Å²) in [5.74, 6) is 16.3. The van der Waals surface area contributed by atoms with Gasteiger partial charge in [-0.05, 0) is 167 Å². The largest absolute Gasteiger partial charge is 0.454 e. The zero-order valence-corrected chi connectivity index (χ0v) is 60.4. The second-order valence-electron chi connectivity index (χ2n) is 26.9. The van der Waals surface area contributed by atoms with E-state index in [2.05, 4.69) is 71.4 Å². The fraction of sp³-hybridized carbons (Fsp3) is 0.232. The monoisotopic (exact) mass is 1480 g/mol. The Labute approximate surface area is 627 Å². The van der Waals surface area contributed by atoms with E-state index >= 15 is 0 Å². The number of nitrogen functional groups attached to an aromatic ring is 3. The number of ether oxygens (including phenoxy) is 3. The van der Waals surface area contributed by atoms with Gasteiger partial charge in [0.05, 0.1) is 34.8 Å². The minimum atomic E-state index is -0.453.